The first-order chi connectivity index (χ1) is 8.59. The molecule has 1 aliphatic rings. The van der Waals surface area contributed by atoms with Gasteiger partial charge in [-0.3, -0.25) is 0 Å². The number of likely N-dealkylation sites (N-methyl/N-ethyl adjacent to an activating group) is 1. The Labute approximate surface area is 106 Å². The lowest BCUT2D eigenvalue weighted by Crippen LogP contribution is -2.35. The van der Waals surface area contributed by atoms with E-state index in [-0.39, 0.29) is 6.03 Å². The molecule has 1 atom stereocenters. The maximum atomic E-state index is 11.3. The van der Waals surface area contributed by atoms with Gasteiger partial charge in [0, 0.05) is 18.8 Å². The van der Waals surface area contributed by atoms with Crippen LogP contribution in [0.15, 0.2) is 18.2 Å². The molecule has 2 amide bonds. The number of anilines is 1. The van der Waals surface area contributed by atoms with Crippen LogP contribution in [-0.2, 0) is 12.0 Å². The Morgan fingerprint density at radius 1 is 1.56 bits per heavy atom. The number of nitrogens with one attached hydrogen (secondary N) is 3. The minimum atomic E-state index is -0.598. The van der Waals surface area contributed by atoms with Crippen molar-refractivity contribution in [3.8, 4) is 6.07 Å². The third-order valence-electron chi connectivity index (χ3n) is 3.21. The molecule has 0 spiro atoms. The van der Waals surface area contributed by atoms with Crippen molar-refractivity contribution in [3.05, 3.63) is 29.3 Å². The van der Waals surface area contributed by atoms with E-state index in [1.54, 1.807) is 0 Å². The number of carbonyl (C=O) groups excluding carboxylic acids is 1. The summed E-state index contributed by atoms with van der Waals surface area (Å²) in [4.78, 5) is 11.3. The van der Waals surface area contributed by atoms with Gasteiger partial charge in [-0.05, 0) is 31.2 Å². The van der Waals surface area contributed by atoms with Gasteiger partial charge in [0.2, 0.25) is 0 Å². The quantitative estimate of drug-likeness (QED) is 0.750. The van der Waals surface area contributed by atoms with Gasteiger partial charge in [0.25, 0.3) is 0 Å². The molecule has 1 aromatic rings. The summed E-state index contributed by atoms with van der Waals surface area (Å²) in [6, 6.07) is 7.89. The van der Waals surface area contributed by atoms with Gasteiger partial charge in [0.1, 0.15) is 0 Å². The minimum Gasteiger partial charge on any atom is -0.334 e. The molecular formula is C13H16N4O. The van der Waals surface area contributed by atoms with E-state index in [9.17, 15) is 10.1 Å². The van der Waals surface area contributed by atoms with Crippen molar-refractivity contribution in [1.29, 1.82) is 5.26 Å². The first-order valence-electron chi connectivity index (χ1n) is 5.83. The number of amides is 2. The van der Waals surface area contributed by atoms with Crippen LogP contribution in [0.25, 0.3) is 0 Å². The van der Waals surface area contributed by atoms with Crippen molar-refractivity contribution < 1.29 is 4.79 Å². The SMILES string of the molecule is CNCC(C)(C#N)c1ccc2c(c1)NC(=O)NC2. The van der Waals surface area contributed by atoms with Crippen molar-refractivity contribution in [2.75, 3.05) is 18.9 Å². The fourth-order valence-corrected chi connectivity index (χ4v) is 2.09. The number of nitriles is 1. The van der Waals surface area contributed by atoms with Gasteiger partial charge in [0.15, 0.2) is 0 Å². The number of fused-ring (bicyclic) bond motifs is 1. The maximum Gasteiger partial charge on any atom is 0.319 e. The first kappa shape index (κ1) is 12.4. The Kier molecular flexibility index (Phi) is 3.21. The standard InChI is InChI=1S/C13H16N4O/c1-13(7-14,8-15-2)10-4-3-9-6-16-12(18)17-11(9)5-10/h3-5,15H,6,8H2,1-2H3,(H2,16,17,18). The van der Waals surface area contributed by atoms with E-state index < -0.39 is 5.41 Å². The van der Waals surface area contributed by atoms with Crippen molar-refractivity contribution in [3.63, 3.8) is 0 Å². The van der Waals surface area contributed by atoms with Crippen molar-refractivity contribution in [1.82, 2.24) is 10.6 Å². The molecule has 18 heavy (non-hydrogen) atoms. The van der Waals surface area contributed by atoms with Gasteiger partial charge in [-0.1, -0.05) is 12.1 Å². The lowest BCUT2D eigenvalue weighted by Gasteiger charge is -2.25. The highest BCUT2D eigenvalue weighted by Gasteiger charge is 2.27. The summed E-state index contributed by atoms with van der Waals surface area (Å²) in [5.74, 6) is 0. The summed E-state index contributed by atoms with van der Waals surface area (Å²) in [6.45, 7) is 2.97. The Morgan fingerprint density at radius 3 is 3.00 bits per heavy atom. The van der Waals surface area contributed by atoms with Crippen LogP contribution in [0.5, 0.6) is 0 Å². The number of nitrogens with zero attached hydrogens (tertiary/aromatic N) is 1. The second kappa shape index (κ2) is 4.67. The molecule has 2 rings (SSSR count). The zero-order valence-electron chi connectivity index (χ0n) is 10.5. The molecule has 0 saturated heterocycles. The van der Waals surface area contributed by atoms with Crippen LogP contribution >= 0.6 is 0 Å². The molecule has 1 unspecified atom stereocenters. The van der Waals surface area contributed by atoms with Gasteiger partial charge in [-0.2, -0.15) is 5.26 Å². The van der Waals surface area contributed by atoms with Gasteiger partial charge >= 0.3 is 6.03 Å². The molecule has 0 fully saturated rings. The molecule has 94 valence electrons. The molecule has 5 heteroatoms. The number of urea groups is 1. The molecule has 0 aliphatic carbocycles. The molecule has 1 aliphatic heterocycles. The van der Waals surface area contributed by atoms with Gasteiger partial charge in [-0.15, -0.1) is 0 Å². The predicted molar refractivity (Wildman–Crippen MR) is 69.2 cm³/mol. The number of carbonyl (C=O) groups is 1. The van der Waals surface area contributed by atoms with E-state index in [1.165, 1.54) is 0 Å². The topological polar surface area (TPSA) is 77.0 Å². The second-order valence-electron chi connectivity index (χ2n) is 4.65. The largest absolute Gasteiger partial charge is 0.334 e. The molecule has 1 heterocycles. The number of benzene rings is 1. The highest BCUT2D eigenvalue weighted by molar-refractivity contribution is 5.92. The lowest BCUT2D eigenvalue weighted by atomic mass is 9.83. The van der Waals surface area contributed by atoms with Crippen LogP contribution in [0.4, 0.5) is 10.5 Å². The Bertz CT molecular complexity index is 520. The molecule has 1 aromatic carbocycles. The van der Waals surface area contributed by atoms with Crippen molar-refractivity contribution >= 4 is 11.7 Å². The summed E-state index contributed by atoms with van der Waals surface area (Å²) in [5, 5.41) is 17.8. The van der Waals surface area contributed by atoms with E-state index in [2.05, 4.69) is 22.0 Å². The molecule has 0 radical (unpaired) electrons. The van der Waals surface area contributed by atoms with Crippen LogP contribution in [-0.4, -0.2) is 19.6 Å². The number of hydrogen-bond acceptors (Lipinski definition) is 3. The fraction of sp³-hybridized carbons (Fsp3) is 0.385. The van der Waals surface area contributed by atoms with Crippen LogP contribution < -0.4 is 16.0 Å². The van der Waals surface area contributed by atoms with Crippen molar-refractivity contribution in [2.24, 2.45) is 0 Å². The predicted octanol–water partition coefficient (Wildman–Crippen LogP) is 1.32. The second-order valence-corrected chi connectivity index (χ2v) is 4.65. The average molecular weight is 244 g/mol. The molecule has 5 nitrogen and oxygen atoms in total. The molecule has 3 N–H and O–H groups in total. The Morgan fingerprint density at radius 2 is 2.33 bits per heavy atom. The summed E-state index contributed by atoms with van der Waals surface area (Å²) >= 11 is 0. The van der Waals surface area contributed by atoms with E-state index >= 15 is 0 Å². The van der Waals surface area contributed by atoms with E-state index in [4.69, 9.17) is 0 Å². The van der Waals surface area contributed by atoms with Crippen LogP contribution in [0, 0.1) is 11.3 Å². The zero-order valence-corrected chi connectivity index (χ0v) is 10.5. The summed E-state index contributed by atoms with van der Waals surface area (Å²) in [6.07, 6.45) is 0. The number of hydrogen-bond donors (Lipinski definition) is 3. The Balaban J connectivity index is 2.39. The molecule has 0 aromatic heterocycles. The highest BCUT2D eigenvalue weighted by atomic mass is 16.2. The zero-order chi connectivity index (χ0) is 13.2. The van der Waals surface area contributed by atoms with Crippen LogP contribution in [0.1, 0.15) is 18.1 Å². The van der Waals surface area contributed by atoms with E-state index in [1.807, 2.05) is 32.2 Å². The van der Waals surface area contributed by atoms with Crippen LogP contribution in [0.3, 0.4) is 0 Å². The molecule has 0 bridgehead atoms. The minimum absolute atomic E-state index is 0.202. The number of rotatable bonds is 3. The monoisotopic (exact) mass is 244 g/mol. The van der Waals surface area contributed by atoms with E-state index in [0.29, 0.717) is 13.1 Å². The summed E-state index contributed by atoms with van der Waals surface area (Å²) in [7, 11) is 1.82. The van der Waals surface area contributed by atoms with Crippen molar-refractivity contribution in [2.45, 2.75) is 18.9 Å². The summed E-state index contributed by atoms with van der Waals surface area (Å²) < 4.78 is 0. The lowest BCUT2D eigenvalue weighted by molar-refractivity contribution is 0.251. The summed E-state index contributed by atoms with van der Waals surface area (Å²) in [5.41, 5.74) is 2.12. The third kappa shape index (κ3) is 2.15. The van der Waals surface area contributed by atoms with Crippen LogP contribution in [0.2, 0.25) is 0 Å². The molecular weight excluding hydrogens is 228 g/mol. The van der Waals surface area contributed by atoms with Gasteiger partial charge in [-0.25, -0.2) is 4.79 Å². The smallest absolute Gasteiger partial charge is 0.319 e. The van der Waals surface area contributed by atoms with Gasteiger partial charge in [0.05, 0.1) is 11.5 Å². The Hall–Kier alpha value is -2.06. The highest BCUT2D eigenvalue weighted by Crippen LogP contribution is 2.28. The average Bonchev–Trinajstić information content (AvgIpc) is 2.38. The van der Waals surface area contributed by atoms with E-state index in [0.717, 1.165) is 16.8 Å². The normalized spacial score (nSPS) is 16.8. The first-order valence-corrected chi connectivity index (χ1v) is 5.83. The molecule has 0 saturated carbocycles. The maximum absolute atomic E-state index is 11.3. The third-order valence-corrected chi connectivity index (χ3v) is 3.21. The fourth-order valence-electron chi connectivity index (χ4n) is 2.09. The van der Waals surface area contributed by atoms with Gasteiger partial charge < -0.3 is 16.0 Å².